The summed E-state index contributed by atoms with van der Waals surface area (Å²) in [6, 6.07) is 6.76. The molecular weight excluding hydrogens is 297 g/mol. The van der Waals surface area contributed by atoms with Gasteiger partial charge < -0.3 is 10.2 Å². The van der Waals surface area contributed by atoms with Crippen molar-refractivity contribution in [3.63, 3.8) is 0 Å². The number of anilines is 1. The van der Waals surface area contributed by atoms with Gasteiger partial charge >= 0.3 is 6.03 Å². The Hall–Kier alpha value is -1.44. The van der Waals surface area contributed by atoms with Crippen LogP contribution in [0.15, 0.2) is 18.2 Å². The summed E-state index contributed by atoms with van der Waals surface area (Å²) >= 11 is 11.9. The SMILES string of the molecule is N#CCN(C(=O)Nc1cc(Cl)ccc1Cl)C1CCCC1. The summed E-state index contributed by atoms with van der Waals surface area (Å²) < 4.78 is 0. The number of amides is 2. The number of carbonyl (C=O) groups is 1. The normalized spacial score (nSPS) is 14.8. The molecule has 0 aliphatic heterocycles. The Kier molecular flexibility index (Phi) is 5.11. The van der Waals surface area contributed by atoms with Crippen LogP contribution < -0.4 is 5.32 Å². The number of urea groups is 1. The third-order valence-electron chi connectivity index (χ3n) is 3.44. The van der Waals surface area contributed by atoms with Crippen LogP contribution in [0.25, 0.3) is 0 Å². The highest BCUT2D eigenvalue weighted by molar-refractivity contribution is 6.35. The van der Waals surface area contributed by atoms with Gasteiger partial charge in [0.25, 0.3) is 0 Å². The minimum absolute atomic E-state index is 0.0781. The molecule has 2 amide bonds. The van der Waals surface area contributed by atoms with Crippen molar-refractivity contribution in [2.45, 2.75) is 31.7 Å². The van der Waals surface area contributed by atoms with Gasteiger partial charge in [0.15, 0.2) is 0 Å². The lowest BCUT2D eigenvalue weighted by Crippen LogP contribution is -2.41. The van der Waals surface area contributed by atoms with Crippen LogP contribution in [0.2, 0.25) is 10.0 Å². The van der Waals surface area contributed by atoms with Crippen molar-refractivity contribution < 1.29 is 4.79 Å². The van der Waals surface area contributed by atoms with E-state index in [2.05, 4.69) is 5.32 Å². The van der Waals surface area contributed by atoms with Gasteiger partial charge in [-0.3, -0.25) is 0 Å². The first-order valence-electron chi connectivity index (χ1n) is 6.51. The average Bonchev–Trinajstić information content (AvgIpc) is 2.93. The van der Waals surface area contributed by atoms with Crippen molar-refractivity contribution >= 4 is 34.9 Å². The van der Waals surface area contributed by atoms with Crippen LogP contribution in [0.5, 0.6) is 0 Å². The van der Waals surface area contributed by atoms with Gasteiger partial charge in [0.1, 0.15) is 6.54 Å². The van der Waals surface area contributed by atoms with Gasteiger partial charge in [-0.2, -0.15) is 5.26 Å². The molecule has 1 aliphatic carbocycles. The standard InChI is InChI=1S/C14H15Cl2N3O/c15-10-5-6-12(16)13(9-10)18-14(20)19(8-7-17)11-3-1-2-4-11/h5-6,9,11H,1-4,8H2,(H,18,20). The zero-order valence-electron chi connectivity index (χ0n) is 10.9. The summed E-state index contributed by atoms with van der Waals surface area (Å²) in [5, 5.41) is 12.5. The van der Waals surface area contributed by atoms with E-state index in [1.54, 1.807) is 23.1 Å². The smallest absolute Gasteiger partial charge is 0.308 e. The molecule has 1 aromatic rings. The van der Waals surface area contributed by atoms with Crippen molar-refractivity contribution in [3.8, 4) is 6.07 Å². The van der Waals surface area contributed by atoms with Gasteiger partial charge in [-0.1, -0.05) is 36.0 Å². The van der Waals surface area contributed by atoms with Crippen LogP contribution in [0.3, 0.4) is 0 Å². The molecule has 1 fully saturated rings. The number of nitrogens with zero attached hydrogens (tertiary/aromatic N) is 2. The first-order valence-corrected chi connectivity index (χ1v) is 7.27. The molecule has 0 atom stereocenters. The van der Waals surface area contributed by atoms with Crippen LogP contribution in [-0.4, -0.2) is 23.5 Å². The molecule has 1 aliphatic rings. The molecule has 0 spiro atoms. The Bertz CT molecular complexity index is 536. The second-order valence-corrected chi connectivity index (χ2v) is 5.62. The van der Waals surface area contributed by atoms with E-state index in [1.165, 1.54) is 0 Å². The lowest BCUT2D eigenvalue weighted by atomic mass is 10.2. The number of carbonyl (C=O) groups excluding carboxylic acids is 1. The van der Waals surface area contributed by atoms with Gasteiger partial charge in [0, 0.05) is 11.1 Å². The predicted molar refractivity (Wildman–Crippen MR) is 80.1 cm³/mol. The Morgan fingerprint density at radius 3 is 2.75 bits per heavy atom. The Labute approximate surface area is 128 Å². The van der Waals surface area contributed by atoms with Crippen LogP contribution in [0, 0.1) is 11.3 Å². The Morgan fingerprint density at radius 1 is 1.40 bits per heavy atom. The molecule has 20 heavy (non-hydrogen) atoms. The summed E-state index contributed by atoms with van der Waals surface area (Å²) in [5.41, 5.74) is 0.463. The first kappa shape index (κ1) is 15.0. The second-order valence-electron chi connectivity index (χ2n) is 4.78. The fourth-order valence-electron chi connectivity index (χ4n) is 2.44. The summed E-state index contributed by atoms with van der Waals surface area (Å²) in [6.07, 6.45) is 4.08. The molecule has 0 saturated heterocycles. The molecule has 4 nitrogen and oxygen atoms in total. The third-order valence-corrected chi connectivity index (χ3v) is 4.00. The molecule has 0 unspecified atom stereocenters. The molecule has 106 valence electrons. The maximum absolute atomic E-state index is 12.3. The molecule has 0 aromatic heterocycles. The van der Waals surface area contributed by atoms with E-state index in [0.29, 0.717) is 15.7 Å². The molecule has 1 aromatic carbocycles. The van der Waals surface area contributed by atoms with Gasteiger partial charge in [0.2, 0.25) is 0 Å². The topological polar surface area (TPSA) is 56.1 Å². The number of nitrogens with one attached hydrogen (secondary N) is 1. The fraction of sp³-hybridized carbons (Fsp3) is 0.429. The van der Waals surface area contributed by atoms with E-state index >= 15 is 0 Å². The van der Waals surface area contributed by atoms with E-state index in [1.807, 2.05) is 6.07 Å². The lowest BCUT2D eigenvalue weighted by molar-refractivity contribution is 0.197. The summed E-state index contributed by atoms with van der Waals surface area (Å²) in [6.45, 7) is 0.0781. The third kappa shape index (κ3) is 3.56. The Morgan fingerprint density at radius 2 is 2.10 bits per heavy atom. The quantitative estimate of drug-likeness (QED) is 0.846. The maximum Gasteiger partial charge on any atom is 0.323 e. The van der Waals surface area contributed by atoms with Gasteiger partial charge in [-0.05, 0) is 31.0 Å². The fourth-order valence-corrected chi connectivity index (χ4v) is 2.78. The number of rotatable bonds is 3. The molecule has 1 N–H and O–H groups in total. The van der Waals surface area contributed by atoms with E-state index in [4.69, 9.17) is 28.5 Å². The number of nitriles is 1. The van der Waals surface area contributed by atoms with Crippen molar-refractivity contribution in [2.75, 3.05) is 11.9 Å². The van der Waals surface area contributed by atoms with Crippen molar-refractivity contribution in [2.24, 2.45) is 0 Å². The van der Waals surface area contributed by atoms with E-state index in [-0.39, 0.29) is 18.6 Å². The molecule has 2 rings (SSSR count). The van der Waals surface area contributed by atoms with Gasteiger partial charge in [-0.25, -0.2) is 4.79 Å². The number of hydrogen-bond donors (Lipinski definition) is 1. The van der Waals surface area contributed by atoms with Crippen LogP contribution in [0.1, 0.15) is 25.7 Å². The first-order chi connectivity index (χ1) is 9.61. The molecular formula is C14H15Cl2N3O. The molecule has 1 saturated carbocycles. The van der Waals surface area contributed by atoms with E-state index in [0.717, 1.165) is 25.7 Å². The van der Waals surface area contributed by atoms with Crippen molar-refractivity contribution in [1.82, 2.24) is 4.90 Å². The molecule has 0 radical (unpaired) electrons. The highest BCUT2D eigenvalue weighted by Crippen LogP contribution is 2.27. The van der Waals surface area contributed by atoms with Gasteiger partial charge in [0.05, 0.1) is 16.8 Å². The summed E-state index contributed by atoms with van der Waals surface area (Å²) in [4.78, 5) is 13.9. The molecule has 0 bridgehead atoms. The number of halogens is 2. The monoisotopic (exact) mass is 311 g/mol. The minimum Gasteiger partial charge on any atom is -0.308 e. The number of benzene rings is 1. The van der Waals surface area contributed by atoms with Crippen molar-refractivity contribution in [3.05, 3.63) is 28.2 Å². The zero-order valence-corrected chi connectivity index (χ0v) is 12.4. The van der Waals surface area contributed by atoms with Crippen LogP contribution >= 0.6 is 23.2 Å². The minimum atomic E-state index is -0.303. The van der Waals surface area contributed by atoms with E-state index < -0.39 is 0 Å². The highest BCUT2D eigenvalue weighted by Gasteiger charge is 2.26. The summed E-state index contributed by atoms with van der Waals surface area (Å²) in [7, 11) is 0. The maximum atomic E-state index is 12.3. The van der Waals surface area contributed by atoms with Crippen LogP contribution in [0.4, 0.5) is 10.5 Å². The van der Waals surface area contributed by atoms with Crippen molar-refractivity contribution in [1.29, 1.82) is 5.26 Å². The lowest BCUT2D eigenvalue weighted by Gasteiger charge is -2.26. The molecule has 0 heterocycles. The zero-order chi connectivity index (χ0) is 14.5. The highest BCUT2D eigenvalue weighted by atomic mass is 35.5. The average molecular weight is 312 g/mol. The number of hydrogen-bond acceptors (Lipinski definition) is 2. The van der Waals surface area contributed by atoms with Gasteiger partial charge in [-0.15, -0.1) is 0 Å². The second kappa shape index (κ2) is 6.83. The van der Waals surface area contributed by atoms with E-state index in [9.17, 15) is 4.79 Å². The summed E-state index contributed by atoms with van der Waals surface area (Å²) in [5.74, 6) is 0. The predicted octanol–water partition coefficient (Wildman–Crippen LogP) is 4.29. The van der Waals surface area contributed by atoms with Crippen LogP contribution in [-0.2, 0) is 0 Å². The Balaban J connectivity index is 2.11. The largest absolute Gasteiger partial charge is 0.323 e. The molecule has 6 heteroatoms.